The smallest absolute Gasteiger partial charge is 0.140 e. The number of para-hydroxylation sites is 1. The summed E-state index contributed by atoms with van der Waals surface area (Å²) in [5.74, 6) is 0.767. The first kappa shape index (κ1) is 12.2. The van der Waals surface area contributed by atoms with Crippen molar-refractivity contribution in [3.05, 3.63) is 50.4 Å². The molecule has 0 atom stereocenters. The van der Waals surface area contributed by atoms with E-state index < -0.39 is 0 Å². The van der Waals surface area contributed by atoms with Gasteiger partial charge in [0, 0.05) is 14.5 Å². The SMILES string of the molecule is Clc1c(Br)cccc1-c1nc2c(Br)cccc2[nH]1. The van der Waals surface area contributed by atoms with E-state index in [0.717, 1.165) is 31.4 Å². The summed E-state index contributed by atoms with van der Waals surface area (Å²) in [6.45, 7) is 0. The number of rotatable bonds is 1. The molecule has 0 unspecified atom stereocenters. The van der Waals surface area contributed by atoms with Gasteiger partial charge in [-0.15, -0.1) is 0 Å². The average Bonchev–Trinajstić information content (AvgIpc) is 2.78. The predicted molar refractivity (Wildman–Crippen MR) is 81.9 cm³/mol. The van der Waals surface area contributed by atoms with E-state index in [4.69, 9.17) is 11.6 Å². The molecule has 0 amide bonds. The number of benzene rings is 2. The van der Waals surface area contributed by atoms with Gasteiger partial charge >= 0.3 is 0 Å². The molecular formula is C13H7Br2ClN2. The van der Waals surface area contributed by atoms with Crippen LogP contribution in [0.2, 0.25) is 5.02 Å². The summed E-state index contributed by atoms with van der Waals surface area (Å²) in [7, 11) is 0. The molecule has 0 aliphatic heterocycles. The molecule has 0 aliphatic rings. The minimum atomic E-state index is 0.660. The van der Waals surface area contributed by atoms with Gasteiger partial charge in [0.1, 0.15) is 11.3 Å². The lowest BCUT2D eigenvalue weighted by Crippen LogP contribution is -1.82. The number of imidazole rings is 1. The van der Waals surface area contributed by atoms with E-state index in [1.807, 2.05) is 36.4 Å². The number of fused-ring (bicyclic) bond motifs is 1. The Bertz CT molecular complexity index is 737. The molecule has 0 radical (unpaired) electrons. The molecular weight excluding hydrogens is 379 g/mol. The van der Waals surface area contributed by atoms with E-state index in [0.29, 0.717) is 5.02 Å². The zero-order valence-corrected chi connectivity index (χ0v) is 13.0. The van der Waals surface area contributed by atoms with Gasteiger partial charge in [-0.2, -0.15) is 0 Å². The number of aromatic amines is 1. The van der Waals surface area contributed by atoms with Gasteiger partial charge in [-0.05, 0) is 56.1 Å². The van der Waals surface area contributed by atoms with Crippen LogP contribution in [0.3, 0.4) is 0 Å². The van der Waals surface area contributed by atoms with Crippen LogP contribution in [0.25, 0.3) is 22.4 Å². The maximum absolute atomic E-state index is 6.28. The lowest BCUT2D eigenvalue weighted by Gasteiger charge is -2.01. The van der Waals surface area contributed by atoms with Crippen LogP contribution in [0.4, 0.5) is 0 Å². The summed E-state index contributed by atoms with van der Waals surface area (Å²) in [6, 6.07) is 11.7. The molecule has 0 spiro atoms. The van der Waals surface area contributed by atoms with Crippen molar-refractivity contribution in [1.29, 1.82) is 0 Å². The van der Waals surface area contributed by atoms with Crippen LogP contribution >= 0.6 is 43.5 Å². The van der Waals surface area contributed by atoms with Gasteiger partial charge < -0.3 is 4.98 Å². The lowest BCUT2D eigenvalue weighted by molar-refractivity contribution is 1.33. The van der Waals surface area contributed by atoms with E-state index >= 15 is 0 Å². The molecule has 90 valence electrons. The van der Waals surface area contributed by atoms with Gasteiger partial charge in [-0.1, -0.05) is 23.7 Å². The van der Waals surface area contributed by atoms with Gasteiger partial charge in [0.15, 0.2) is 0 Å². The molecule has 2 aromatic carbocycles. The van der Waals surface area contributed by atoms with Crippen LogP contribution < -0.4 is 0 Å². The van der Waals surface area contributed by atoms with Crippen LogP contribution in [0.15, 0.2) is 45.3 Å². The predicted octanol–water partition coefficient (Wildman–Crippen LogP) is 5.41. The lowest BCUT2D eigenvalue weighted by atomic mass is 10.2. The molecule has 3 rings (SSSR count). The zero-order valence-electron chi connectivity index (χ0n) is 9.05. The molecule has 5 heteroatoms. The second-order valence-electron chi connectivity index (χ2n) is 3.82. The molecule has 0 saturated carbocycles. The first-order valence-electron chi connectivity index (χ1n) is 5.25. The maximum Gasteiger partial charge on any atom is 0.140 e. The normalized spacial score (nSPS) is 11.1. The molecule has 1 heterocycles. The van der Waals surface area contributed by atoms with Crippen molar-refractivity contribution in [2.24, 2.45) is 0 Å². The van der Waals surface area contributed by atoms with Crippen molar-refractivity contribution in [1.82, 2.24) is 9.97 Å². The molecule has 1 N–H and O–H groups in total. The van der Waals surface area contributed by atoms with Gasteiger partial charge in [0.2, 0.25) is 0 Å². The molecule has 2 nitrogen and oxygen atoms in total. The van der Waals surface area contributed by atoms with Crippen molar-refractivity contribution in [3.63, 3.8) is 0 Å². The third kappa shape index (κ3) is 1.98. The summed E-state index contributed by atoms with van der Waals surface area (Å²) in [4.78, 5) is 7.85. The number of hydrogen-bond acceptors (Lipinski definition) is 1. The Labute approximate surface area is 126 Å². The zero-order chi connectivity index (χ0) is 12.7. The Hall–Kier alpha value is -0.840. The van der Waals surface area contributed by atoms with Crippen molar-refractivity contribution in [3.8, 4) is 11.4 Å². The summed E-state index contributed by atoms with van der Waals surface area (Å²) in [5.41, 5.74) is 2.77. The van der Waals surface area contributed by atoms with Crippen LogP contribution in [-0.2, 0) is 0 Å². The molecule has 3 aromatic rings. The Balaban J connectivity index is 2.26. The van der Waals surface area contributed by atoms with Crippen molar-refractivity contribution >= 4 is 54.5 Å². The fraction of sp³-hybridized carbons (Fsp3) is 0. The highest BCUT2D eigenvalue weighted by molar-refractivity contribution is 9.11. The summed E-state index contributed by atoms with van der Waals surface area (Å²) >= 11 is 13.2. The second-order valence-corrected chi connectivity index (χ2v) is 5.91. The number of aromatic nitrogens is 2. The average molecular weight is 386 g/mol. The number of H-pyrrole nitrogens is 1. The fourth-order valence-corrected chi connectivity index (χ4v) is 2.85. The summed E-state index contributed by atoms with van der Waals surface area (Å²) in [5, 5.41) is 0.660. The third-order valence-corrected chi connectivity index (χ3v) is 4.61. The monoisotopic (exact) mass is 384 g/mol. The molecule has 0 fully saturated rings. The molecule has 18 heavy (non-hydrogen) atoms. The minimum absolute atomic E-state index is 0.660. The highest BCUT2D eigenvalue weighted by atomic mass is 79.9. The van der Waals surface area contributed by atoms with Crippen molar-refractivity contribution in [2.45, 2.75) is 0 Å². The van der Waals surface area contributed by atoms with Crippen LogP contribution in [0, 0.1) is 0 Å². The number of nitrogens with one attached hydrogen (secondary N) is 1. The third-order valence-electron chi connectivity index (χ3n) is 2.67. The highest BCUT2D eigenvalue weighted by Gasteiger charge is 2.11. The quantitative estimate of drug-likeness (QED) is 0.595. The second kappa shape index (κ2) is 4.68. The molecule has 0 aliphatic carbocycles. The fourth-order valence-electron chi connectivity index (χ4n) is 1.81. The van der Waals surface area contributed by atoms with Gasteiger partial charge in [-0.25, -0.2) is 4.98 Å². The minimum Gasteiger partial charge on any atom is -0.338 e. The van der Waals surface area contributed by atoms with Crippen LogP contribution in [-0.4, -0.2) is 9.97 Å². The summed E-state index contributed by atoms with van der Waals surface area (Å²) in [6.07, 6.45) is 0. The van der Waals surface area contributed by atoms with E-state index in [1.54, 1.807) is 0 Å². The van der Waals surface area contributed by atoms with Crippen LogP contribution in [0.1, 0.15) is 0 Å². The first-order valence-corrected chi connectivity index (χ1v) is 7.22. The van der Waals surface area contributed by atoms with E-state index in [1.165, 1.54) is 0 Å². The number of nitrogens with zero attached hydrogens (tertiary/aromatic N) is 1. The molecule has 1 aromatic heterocycles. The maximum atomic E-state index is 6.28. The Morgan fingerprint density at radius 2 is 1.72 bits per heavy atom. The van der Waals surface area contributed by atoms with Gasteiger partial charge in [-0.3, -0.25) is 0 Å². The van der Waals surface area contributed by atoms with Gasteiger partial charge in [0.25, 0.3) is 0 Å². The van der Waals surface area contributed by atoms with E-state index in [-0.39, 0.29) is 0 Å². The van der Waals surface area contributed by atoms with Crippen molar-refractivity contribution in [2.75, 3.05) is 0 Å². The number of halogens is 3. The van der Waals surface area contributed by atoms with Crippen LogP contribution in [0.5, 0.6) is 0 Å². The first-order chi connectivity index (χ1) is 8.66. The topological polar surface area (TPSA) is 28.7 Å². The standard InChI is InChI=1S/C13H7Br2ClN2/c14-8-4-1-3-7(11(8)16)13-17-10-6-2-5-9(15)12(10)18-13/h1-6H,(H,17,18). The Morgan fingerprint density at radius 3 is 2.50 bits per heavy atom. The Kier molecular flexibility index (Phi) is 3.18. The summed E-state index contributed by atoms with van der Waals surface area (Å²) < 4.78 is 1.83. The Morgan fingerprint density at radius 1 is 1.00 bits per heavy atom. The highest BCUT2D eigenvalue weighted by Crippen LogP contribution is 2.34. The van der Waals surface area contributed by atoms with E-state index in [2.05, 4.69) is 41.8 Å². The van der Waals surface area contributed by atoms with E-state index in [9.17, 15) is 0 Å². The van der Waals surface area contributed by atoms with Crippen molar-refractivity contribution < 1.29 is 0 Å². The molecule has 0 saturated heterocycles. The van der Waals surface area contributed by atoms with Gasteiger partial charge in [0.05, 0.1) is 10.5 Å². The number of hydrogen-bond donors (Lipinski definition) is 1. The largest absolute Gasteiger partial charge is 0.338 e. The molecule has 0 bridgehead atoms.